The molecule has 1 heterocycles. The van der Waals surface area contributed by atoms with Gasteiger partial charge in [0.1, 0.15) is 0 Å². The largest absolute Gasteiger partial charge is 0.376 e. The smallest absolute Gasteiger partial charge is 0.234 e. The summed E-state index contributed by atoms with van der Waals surface area (Å²) >= 11 is 0. The molecule has 104 valence electrons. The number of nitrogens with one attached hydrogen (secondary N) is 2. The van der Waals surface area contributed by atoms with Gasteiger partial charge in [0.05, 0.1) is 32.5 Å². The molecule has 1 aliphatic heterocycles. The molecule has 1 saturated heterocycles. The van der Waals surface area contributed by atoms with Crippen LogP contribution in [0.2, 0.25) is 0 Å². The van der Waals surface area contributed by atoms with Crippen LogP contribution in [0.4, 0.5) is 0 Å². The average molecular weight is 256 g/mol. The number of carbonyl (C=O) groups is 1. The zero-order valence-electron chi connectivity index (χ0n) is 11.0. The van der Waals surface area contributed by atoms with E-state index in [4.69, 9.17) is 9.47 Å². The number of hydrogen-bond acceptors (Lipinski definition) is 4. The van der Waals surface area contributed by atoms with Crippen molar-refractivity contribution in [1.82, 2.24) is 10.6 Å². The Morgan fingerprint density at radius 1 is 1.17 bits per heavy atom. The van der Waals surface area contributed by atoms with Crippen molar-refractivity contribution in [3.8, 4) is 0 Å². The van der Waals surface area contributed by atoms with Gasteiger partial charge in [-0.25, -0.2) is 0 Å². The van der Waals surface area contributed by atoms with Crippen LogP contribution in [-0.2, 0) is 14.3 Å². The van der Waals surface area contributed by atoms with Crippen LogP contribution in [0.5, 0.6) is 0 Å². The highest BCUT2D eigenvalue weighted by molar-refractivity contribution is 5.78. The Balaban J connectivity index is 1.53. The maximum absolute atomic E-state index is 11.7. The van der Waals surface area contributed by atoms with Crippen molar-refractivity contribution in [2.75, 3.05) is 32.9 Å². The van der Waals surface area contributed by atoms with Crippen molar-refractivity contribution in [2.45, 2.75) is 44.2 Å². The Morgan fingerprint density at radius 2 is 2.00 bits per heavy atom. The second-order valence-corrected chi connectivity index (χ2v) is 5.10. The first-order valence-electron chi connectivity index (χ1n) is 7.04. The quantitative estimate of drug-likeness (QED) is 0.749. The summed E-state index contributed by atoms with van der Waals surface area (Å²) in [6, 6.07) is 0.391. The Bertz CT molecular complexity index is 249. The van der Waals surface area contributed by atoms with Crippen LogP contribution in [-0.4, -0.2) is 51.0 Å². The lowest BCUT2D eigenvalue weighted by molar-refractivity contribution is -0.121. The van der Waals surface area contributed by atoms with Gasteiger partial charge in [-0.3, -0.25) is 4.79 Å². The zero-order valence-corrected chi connectivity index (χ0v) is 11.0. The van der Waals surface area contributed by atoms with E-state index in [0.717, 1.165) is 12.8 Å². The molecule has 2 N–H and O–H groups in total. The highest BCUT2D eigenvalue weighted by atomic mass is 16.6. The Kier molecular flexibility index (Phi) is 5.90. The molecule has 5 nitrogen and oxygen atoms in total. The highest BCUT2D eigenvalue weighted by Gasteiger charge is 2.17. The van der Waals surface area contributed by atoms with Gasteiger partial charge in [-0.2, -0.15) is 0 Å². The lowest BCUT2D eigenvalue weighted by atomic mass is 9.95. The maximum Gasteiger partial charge on any atom is 0.234 e. The predicted octanol–water partition coefficient (Wildman–Crippen LogP) is 0.440. The predicted molar refractivity (Wildman–Crippen MR) is 68.4 cm³/mol. The molecule has 1 saturated carbocycles. The van der Waals surface area contributed by atoms with E-state index in [1.54, 1.807) is 0 Å². The third kappa shape index (κ3) is 4.92. The molecule has 0 radical (unpaired) electrons. The summed E-state index contributed by atoms with van der Waals surface area (Å²) in [5.74, 6) is 0.0960. The fourth-order valence-electron chi connectivity index (χ4n) is 2.53. The van der Waals surface area contributed by atoms with Gasteiger partial charge in [0.25, 0.3) is 0 Å². The van der Waals surface area contributed by atoms with E-state index in [-0.39, 0.29) is 12.0 Å². The molecule has 1 atom stereocenters. The van der Waals surface area contributed by atoms with Crippen LogP contribution in [0.15, 0.2) is 0 Å². The fourth-order valence-corrected chi connectivity index (χ4v) is 2.53. The van der Waals surface area contributed by atoms with Gasteiger partial charge in [0.2, 0.25) is 5.91 Å². The molecule has 1 amide bonds. The van der Waals surface area contributed by atoms with Gasteiger partial charge in [0, 0.05) is 12.6 Å². The number of ether oxygens (including phenoxy) is 2. The van der Waals surface area contributed by atoms with Crippen LogP contribution in [0.25, 0.3) is 0 Å². The van der Waals surface area contributed by atoms with Gasteiger partial charge in [-0.15, -0.1) is 0 Å². The molecule has 0 spiro atoms. The average Bonchev–Trinajstić information content (AvgIpc) is 2.41. The first-order chi connectivity index (χ1) is 8.84. The topological polar surface area (TPSA) is 59.6 Å². The van der Waals surface area contributed by atoms with Crippen LogP contribution < -0.4 is 10.6 Å². The standard InChI is InChI=1S/C13H24N2O3/c16-13(15-11-4-2-1-3-5-11)9-14-8-12-10-17-6-7-18-12/h11-12,14H,1-10H2,(H,15,16). The minimum absolute atomic E-state index is 0.0845. The third-order valence-corrected chi connectivity index (χ3v) is 3.51. The monoisotopic (exact) mass is 256 g/mol. The highest BCUT2D eigenvalue weighted by Crippen LogP contribution is 2.17. The fraction of sp³-hybridized carbons (Fsp3) is 0.923. The first-order valence-corrected chi connectivity index (χ1v) is 7.04. The molecular formula is C13H24N2O3. The summed E-state index contributed by atoms with van der Waals surface area (Å²) in [4.78, 5) is 11.7. The Morgan fingerprint density at radius 3 is 2.72 bits per heavy atom. The molecular weight excluding hydrogens is 232 g/mol. The summed E-state index contributed by atoms with van der Waals surface area (Å²) < 4.78 is 10.8. The summed E-state index contributed by atoms with van der Waals surface area (Å²) in [5.41, 5.74) is 0. The van der Waals surface area contributed by atoms with Gasteiger partial charge < -0.3 is 20.1 Å². The van der Waals surface area contributed by atoms with E-state index in [0.29, 0.717) is 39.0 Å². The molecule has 5 heteroatoms. The van der Waals surface area contributed by atoms with Gasteiger partial charge >= 0.3 is 0 Å². The molecule has 2 aliphatic rings. The molecule has 0 aromatic rings. The van der Waals surface area contributed by atoms with E-state index in [1.807, 2.05) is 0 Å². The lowest BCUT2D eigenvalue weighted by Crippen LogP contribution is -2.44. The number of amides is 1. The third-order valence-electron chi connectivity index (χ3n) is 3.51. The maximum atomic E-state index is 11.7. The molecule has 0 bridgehead atoms. The molecule has 2 fully saturated rings. The molecule has 0 aromatic heterocycles. The molecule has 1 unspecified atom stereocenters. The van der Waals surface area contributed by atoms with E-state index < -0.39 is 0 Å². The van der Waals surface area contributed by atoms with Crippen LogP contribution in [0, 0.1) is 0 Å². The van der Waals surface area contributed by atoms with Crippen LogP contribution in [0.1, 0.15) is 32.1 Å². The number of carbonyl (C=O) groups excluding carboxylic acids is 1. The lowest BCUT2D eigenvalue weighted by Gasteiger charge is -2.24. The van der Waals surface area contributed by atoms with E-state index in [9.17, 15) is 4.79 Å². The summed E-state index contributed by atoms with van der Waals surface area (Å²) in [6.07, 6.45) is 6.14. The minimum atomic E-state index is 0.0845. The van der Waals surface area contributed by atoms with Gasteiger partial charge in [-0.05, 0) is 12.8 Å². The van der Waals surface area contributed by atoms with Crippen molar-refractivity contribution in [2.24, 2.45) is 0 Å². The van der Waals surface area contributed by atoms with E-state index in [2.05, 4.69) is 10.6 Å². The second-order valence-electron chi connectivity index (χ2n) is 5.10. The van der Waals surface area contributed by atoms with E-state index in [1.165, 1.54) is 19.3 Å². The zero-order chi connectivity index (χ0) is 12.6. The molecule has 1 aliphatic carbocycles. The second kappa shape index (κ2) is 7.71. The Labute approximate surface area is 109 Å². The van der Waals surface area contributed by atoms with Crippen LogP contribution in [0.3, 0.4) is 0 Å². The number of hydrogen-bond donors (Lipinski definition) is 2. The van der Waals surface area contributed by atoms with Crippen molar-refractivity contribution in [1.29, 1.82) is 0 Å². The van der Waals surface area contributed by atoms with Crippen LogP contribution >= 0.6 is 0 Å². The molecule has 2 rings (SSSR count). The summed E-state index contributed by atoms with van der Waals surface area (Å²) in [5, 5.41) is 6.21. The van der Waals surface area contributed by atoms with Gasteiger partial charge in [0.15, 0.2) is 0 Å². The normalized spacial score (nSPS) is 25.9. The van der Waals surface area contributed by atoms with Crippen molar-refractivity contribution in [3.05, 3.63) is 0 Å². The van der Waals surface area contributed by atoms with Crippen molar-refractivity contribution in [3.63, 3.8) is 0 Å². The van der Waals surface area contributed by atoms with Crippen molar-refractivity contribution < 1.29 is 14.3 Å². The first kappa shape index (κ1) is 13.8. The van der Waals surface area contributed by atoms with Crippen molar-refractivity contribution >= 4 is 5.91 Å². The number of rotatable bonds is 5. The molecule has 0 aromatic carbocycles. The summed E-state index contributed by atoms with van der Waals surface area (Å²) in [6.45, 7) is 3.00. The van der Waals surface area contributed by atoms with Gasteiger partial charge in [-0.1, -0.05) is 19.3 Å². The SMILES string of the molecule is O=C(CNCC1COCCO1)NC1CCCCC1. The van der Waals surface area contributed by atoms with E-state index >= 15 is 0 Å². The molecule has 18 heavy (non-hydrogen) atoms. The Hall–Kier alpha value is -0.650. The summed E-state index contributed by atoms with van der Waals surface area (Å²) in [7, 11) is 0. The minimum Gasteiger partial charge on any atom is -0.376 e.